The third kappa shape index (κ3) is 4.82. The molecule has 0 aromatic carbocycles. The zero-order chi connectivity index (χ0) is 9.68. The van der Waals surface area contributed by atoms with Gasteiger partial charge in [0.15, 0.2) is 0 Å². The molecule has 0 aromatic heterocycles. The van der Waals surface area contributed by atoms with E-state index in [1.54, 1.807) is 0 Å². The van der Waals surface area contributed by atoms with E-state index in [-0.39, 0.29) is 12.4 Å². The Labute approximate surface area is 91.9 Å². The fourth-order valence-electron chi connectivity index (χ4n) is 1.87. The molecule has 0 spiro atoms. The van der Waals surface area contributed by atoms with E-state index in [0.29, 0.717) is 12.5 Å². The maximum absolute atomic E-state index is 10.4. The van der Waals surface area contributed by atoms with Crippen LogP contribution in [0, 0.1) is 0 Å². The molecular formula is C10H20ClNO2. The maximum atomic E-state index is 10.4. The van der Waals surface area contributed by atoms with Crippen molar-refractivity contribution in [1.82, 2.24) is 4.90 Å². The van der Waals surface area contributed by atoms with Gasteiger partial charge in [0.25, 0.3) is 0 Å². The summed E-state index contributed by atoms with van der Waals surface area (Å²) in [7, 11) is 0. The van der Waals surface area contributed by atoms with E-state index in [1.807, 2.05) is 0 Å². The normalized spacial score (nSPS) is 19.8. The number of rotatable bonds is 4. The molecule has 14 heavy (non-hydrogen) atoms. The van der Waals surface area contributed by atoms with Crippen LogP contribution in [0.4, 0.5) is 0 Å². The highest BCUT2D eigenvalue weighted by Gasteiger charge is 2.16. The summed E-state index contributed by atoms with van der Waals surface area (Å²) >= 11 is 0. The third-order valence-corrected chi connectivity index (χ3v) is 2.79. The molecule has 0 saturated carbocycles. The number of hydrogen-bond acceptors (Lipinski definition) is 2. The Hall–Kier alpha value is -0.280. The van der Waals surface area contributed by atoms with Crippen LogP contribution in [0.3, 0.4) is 0 Å². The summed E-state index contributed by atoms with van der Waals surface area (Å²) in [5.74, 6) is -0.677. The average Bonchev–Trinajstić information content (AvgIpc) is 2.15. The summed E-state index contributed by atoms with van der Waals surface area (Å²) in [5, 5.41) is 8.54. The van der Waals surface area contributed by atoms with E-state index in [9.17, 15) is 4.79 Å². The van der Waals surface area contributed by atoms with Gasteiger partial charge in [-0.1, -0.05) is 6.42 Å². The largest absolute Gasteiger partial charge is 0.481 e. The van der Waals surface area contributed by atoms with Gasteiger partial charge in [-0.25, -0.2) is 0 Å². The number of hydrogen-bond donors (Lipinski definition) is 1. The molecule has 0 aromatic rings. The van der Waals surface area contributed by atoms with E-state index in [1.165, 1.54) is 19.3 Å². The molecule has 1 rings (SSSR count). The van der Waals surface area contributed by atoms with E-state index >= 15 is 0 Å². The molecule has 1 heterocycles. The van der Waals surface area contributed by atoms with Crippen LogP contribution in [0.2, 0.25) is 0 Å². The number of carbonyl (C=O) groups is 1. The highest BCUT2D eigenvalue weighted by atomic mass is 35.5. The Morgan fingerprint density at radius 3 is 2.43 bits per heavy atom. The summed E-state index contributed by atoms with van der Waals surface area (Å²) in [4.78, 5) is 12.8. The SMILES string of the molecule is CC(CCC(=O)O)N1CCCCC1.Cl. The first-order chi connectivity index (χ1) is 6.20. The number of halogens is 1. The van der Waals surface area contributed by atoms with Crippen LogP contribution in [-0.4, -0.2) is 35.1 Å². The fraction of sp³-hybridized carbons (Fsp3) is 0.900. The third-order valence-electron chi connectivity index (χ3n) is 2.79. The zero-order valence-corrected chi connectivity index (χ0v) is 9.55. The van der Waals surface area contributed by atoms with Crippen LogP contribution in [-0.2, 0) is 4.79 Å². The molecule has 0 radical (unpaired) electrons. The van der Waals surface area contributed by atoms with Crippen molar-refractivity contribution >= 4 is 18.4 Å². The van der Waals surface area contributed by atoms with Crippen LogP contribution in [0.15, 0.2) is 0 Å². The van der Waals surface area contributed by atoms with Gasteiger partial charge in [0, 0.05) is 12.5 Å². The summed E-state index contributed by atoms with van der Waals surface area (Å²) in [6.45, 7) is 4.44. The molecule has 1 saturated heterocycles. The highest BCUT2D eigenvalue weighted by Crippen LogP contribution is 2.14. The molecule has 1 N–H and O–H groups in total. The lowest BCUT2D eigenvalue weighted by atomic mass is 10.1. The first kappa shape index (κ1) is 13.7. The Morgan fingerprint density at radius 1 is 1.36 bits per heavy atom. The summed E-state index contributed by atoms with van der Waals surface area (Å²) in [6, 6.07) is 0.441. The van der Waals surface area contributed by atoms with Gasteiger partial charge in [-0.15, -0.1) is 12.4 Å². The molecule has 1 unspecified atom stereocenters. The van der Waals surface area contributed by atoms with Crippen molar-refractivity contribution in [1.29, 1.82) is 0 Å². The van der Waals surface area contributed by atoms with Gasteiger partial charge in [0.05, 0.1) is 0 Å². The minimum Gasteiger partial charge on any atom is -0.481 e. The van der Waals surface area contributed by atoms with Gasteiger partial charge in [-0.2, -0.15) is 0 Å². The quantitative estimate of drug-likeness (QED) is 0.791. The van der Waals surface area contributed by atoms with Gasteiger partial charge in [0.1, 0.15) is 0 Å². The average molecular weight is 222 g/mol. The van der Waals surface area contributed by atoms with Crippen molar-refractivity contribution in [2.45, 2.75) is 45.1 Å². The number of aliphatic carboxylic acids is 1. The van der Waals surface area contributed by atoms with E-state index in [2.05, 4.69) is 11.8 Å². The molecule has 1 aliphatic heterocycles. The molecule has 1 atom stereocenters. The number of likely N-dealkylation sites (tertiary alicyclic amines) is 1. The molecular weight excluding hydrogens is 202 g/mol. The molecule has 0 amide bonds. The Bertz CT molecular complexity index is 170. The summed E-state index contributed by atoms with van der Waals surface area (Å²) < 4.78 is 0. The van der Waals surface area contributed by atoms with Crippen LogP contribution in [0.5, 0.6) is 0 Å². The number of carboxylic acids is 1. The monoisotopic (exact) mass is 221 g/mol. The molecule has 84 valence electrons. The van der Waals surface area contributed by atoms with Crippen LogP contribution >= 0.6 is 12.4 Å². The summed E-state index contributed by atoms with van der Waals surface area (Å²) in [5.41, 5.74) is 0. The second-order valence-corrected chi connectivity index (χ2v) is 3.88. The van der Waals surface area contributed by atoms with Gasteiger partial charge >= 0.3 is 5.97 Å². The van der Waals surface area contributed by atoms with Gasteiger partial charge < -0.3 is 10.0 Å². The second-order valence-electron chi connectivity index (χ2n) is 3.88. The number of piperidine rings is 1. The predicted octanol–water partition coefficient (Wildman–Crippen LogP) is 2.15. The number of nitrogens with zero attached hydrogens (tertiary/aromatic N) is 1. The zero-order valence-electron chi connectivity index (χ0n) is 8.74. The lowest BCUT2D eigenvalue weighted by molar-refractivity contribution is -0.137. The first-order valence-corrected chi connectivity index (χ1v) is 5.16. The standard InChI is InChI=1S/C10H19NO2.ClH/c1-9(5-6-10(12)13)11-7-3-2-4-8-11;/h9H,2-8H2,1H3,(H,12,13);1H. The van der Waals surface area contributed by atoms with E-state index in [4.69, 9.17) is 5.11 Å². The van der Waals surface area contributed by atoms with Crippen molar-refractivity contribution in [3.63, 3.8) is 0 Å². The minimum absolute atomic E-state index is 0. The highest BCUT2D eigenvalue weighted by molar-refractivity contribution is 5.85. The molecule has 1 fully saturated rings. The van der Waals surface area contributed by atoms with Crippen molar-refractivity contribution in [2.24, 2.45) is 0 Å². The topological polar surface area (TPSA) is 40.5 Å². The Morgan fingerprint density at radius 2 is 1.93 bits per heavy atom. The second kappa shape index (κ2) is 7.07. The van der Waals surface area contributed by atoms with Crippen LogP contribution in [0.25, 0.3) is 0 Å². The molecule has 4 heteroatoms. The summed E-state index contributed by atoms with van der Waals surface area (Å²) in [6.07, 6.45) is 4.98. The smallest absolute Gasteiger partial charge is 0.303 e. The Balaban J connectivity index is 0.00000169. The van der Waals surface area contributed by atoms with Crippen molar-refractivity contribution in [3.05, 3.63) is 0 Å². The van der Waals surface area contributed by atoms with E-state index in [0.717, 1.165) is 19.5 Å². The van der Waals surface area contributed by atoms with E-state index < -0.39 is 5.97 Å². The molecule has 0 aliphatic carbocycles. The molecule has 3 nitrogen and oxygen atoms in total. The van der Waals surface area contributed by atoms with Crippen molar-refractivity contribution < 1.29 is 9.90 Å². The van der Waals surface area contributed by atoms with Crippen LogP contribution in [0.1, 0.15) is 39.0 Å². The lowest BCUT2D eigenvalue weighted by Gasteiger charge is -2.32. The lowest BCUT2D eigenvalue weighted by Crippen LogP contribution is -2.37. The minimum atomic E-state index is -0.677. The first-order valence-electron chi connectivity index (χ1n) is 5.16. The van der Waals surface area contributed by atoms with Gasteiger partial charge in [-0.05, 0) is 39.3 Å². The van der Waals surface area contributed by atoms with Crippen LogP contribution < -0.4 is 0 Å². The number of carboxylic acid groups (broad SMARTS) is 1. The molecule has 0 bridgehead atoms. The van der Waals surface area contributed by atoms with Gasteiger partial charge in [0.2, 0.25) is 0 Å². The maximum Gasteiger partial charge on any atom is 0.303 e. The predicted molar refractivity (Wildman–Crippen MR) is 59.0 cm³/mol. The molecule has 1 aliphatic rings. The van der Waals surface area contributed by atoms with Crippen molar-refractivity contribution in [2.75, 3.05) is 13.1 Å². The Kier molecular flexibility index (Phi) is 6.93. The van der Waals surface area contributed by atoms with Gasteiger partial charge in [-0.3, -0.25) is 4.79 Å². The van der Waals surface area contributed by atoms with Crippen molar-refractivity contribution in [3.8, 4) is 0 Å². The fourth-order valence-corrected chi connectivity index (χ4v) is 1.87.